The molecule has 0 bridgehead atoms. The fraction of sp³-hybridized carbons (Fsp3) is 0.500. The fourth-order valence-corrected chi connectivity index (χ4v) is 1.92. The van der Waals surface area contributed by atoms with Crippen LogP contribution in [0.15, 0.2) is 11.4 Å². The van der Waals surface area contributed by atoms with Crippen molar-refractivity contribution in [1.29, 1.82) is 0 Å². The van der Waals surface area contributed by atoms with Gasteiger partial charge in [-0.15, -0.1) is 0 Å². The van der Waals surface area contributed by atoms with E-state index in [0.29, 0.717) is 25.2 Å². The minimum absolute atomic E-state index is 0.0487. The molecular formula is C10H15N3O4S. The molecule has 0 saturated carbocycles. The zero-order chi connectivity index (χ0) is 13.5. The zero-order valence-corrected chi connectivity index (χ0v) is 10.7. The second kappa shape index (κ2) is 7.04. The Kier molecular flexibility index (Phi) is 5.69. The van der Waals surface area contributed by atoms with Gasteiger partial charge in [-0.3, -0.25) is 14.9 Å². The van der Waals surface area contributed by atoms with Crippen LogP contribution in [0.3, 0.4) is 0 Å². The van der Waals surface area contributed by atoms with Crippen molar-refractivity contribution in [2.75, 3.05) is 19.6 Å². The Morgan fingerprint density at radius 3 is 2.89 bits per heavy atom. The highest BCUT2D eigenvalue weighted by atomic mass is 32.1. The third-order valence-corrected chi connectivity index (χ3v) is 2.94. The van der Waals surface area contributed by atoms with Gasteiger partial charge >= 0.3 is 5.00 Å². The van der Waals surface area contributed by atoms with Crippen molar-refractivity contribution in [1.82, 2.24) is 10.6 Å². The van der Waals surface area contributed by atoms with Gasteiger partial charge in [-0.1, -0.05) is 11.3 Å². The molecular weight excluding hydrogens is 258 g/mol. The van der Waals surface area contributed by atoms with Crippen molar-refractivity contribution in [2.45, 2.75) is 13.0 Å². The molecule has 18 heavy (non-hydrogen) atoms. The zero-order valence-electron chi connectivity index (χ0n) is 9.88. The van der Waals surface area contributed by atoms with Crippen LogP contribution in [0.4, 0.5) is 5.00 Å². The van der Waals surface area contributed by atoms with Crippen molar-refractivity contribution in [3.63, 3.8) is 0 Å². The van der Waals surface area contributed by atoms with Gasteiger partial charge in [-0.25, -0.2) is 0 Å². The van der Waals surface area contributed by atoms with Crippen LogP contribution in [0.5, 0.6) is 0 Å². The number of nitrogens with zero attached hydrogens (tertiary/aromatic N) is 1. The summed E-state index contributed by atoms with van der Waals surface area (Å²) in [4.78, 5) is 21.5. The van der Waals surface area contributed by atoms with E-state index in [-0.39, 0.29) is 10.9 Å². The average Bonchev–Trinajstić information content (AvgIpc) is 2.77. The molecule has 0 radical (unpaired) electrons. The monoisotopic (exact) mass is 273 g/mol. The number of aliphatic hydroxyl groups is 1. The van der Waals surface area contributed by atoms with Crippen LogP contribution in [0.1, 0.15) is 17.3 Å². The van der Waals surface area contributed by atoms with E-state index in [1.807, 2.05) is 0 Å². The quantitative estimate of drug-likeness (QED) is 0.378. The first-order valence-electron chi connectivity index (χ1n) is 5.40. The highest BCUT2D eigenvalue weighted by Gasteiger charge is 2.14. The molecule has 100 valence electrons. The van der Waals surface area contributed by atoms with Crippen LogP contribution < -0.4 is 10.6 Å². The summed E-state index contributed by atoms with van der Waals surface area (Å²) in [5.41, 5.74) is 0.294. The van der Waals surface area contributed by atoms with Crippen molar-refractivity contribution in [3.8, 4) is 0 Å². The standard InChI is InChI=1S/C10H15N3O4S/c1-7(14)5-11-2-3-12-10(15)8-4-9(13(16)17)18-6-8/h4,6-7,11,14H,2-3,5H2,1H3,(H,12,15). The number of aliphatic hydroxyl groups excluding tert-OH is 1. The van der Waals surface area contributed by atoms with Gasteiger partial charge < -0.3 is 15.7 Å². The Labute approximate surface area is 108 Å². The summed E-state index contributed by atoms with van der Waals surface area (Å²) in [5, 5.41) is 26.4. The van der Waals surface area contributed by atoms with Gasteiger partial charge in [0.15, 0.2) is 0 Å². The number of carbonyl (C=O) groups excluding carboxylic acids is 1. The van der Waals surface area contributed by atoms with Gasteiger partial charge in [-0.05, 0) is 6.92 Å². The van der Waals surface area contributed by atoms with E-state index < -0.39 is 11.0 Å². The van der Waals surface area contributed by atoms with Gasteiger partial charge in [0, 0.05) is 31.1 Å². The van der Waals surface area contributed by atoms with Crippen molar-refractivity contribution < 1.29 is 14.8 Å². The highest BCUT2D eigenvalue weighted by molar-refractivity contribution is 7.13. The average molecular weight is 273 g/mol. The summed E-state index contributed by atoms with van der Waals surface area (Å²) < 4.78 is 0. The molecule has 1 heterocycles. The molecule has 0 aromatic carbocycles. The van der Waals surface area contributed by atoms with Crippen LogP contribution in [0, 0.1) is 10.1 Å². The summed E-state index contributed by atoms with van der Waals surface area (Å²) >= 11 is 0.925. The normalized spacial score (nSPS) is 12.1. The molecule has 0 spiro atoms. The van der Waals surface area contributed by atoms with Crippen molar-refractivity contribution in [2.24, 2.45) is 0 Å². The van der Waals surface area contributed by atoms with E-state index in [4.69, 9.17) is 5.11 Å². The number of nitrogens with one attached hydrogen (secondary N) is 2. The lowest BCUT2D eigenvalue weighted by molar-refractivity contribution is -0.380. The smallest absolute Gasteiger partial charge is 0.324 e. The highest BCUT2D eigenvalue weighted by Crippen LogP contribution is 2.22. The first-order valence-corrected chi connectivity index (χ1v) is 6.28. The molecule has 1 aromatic rings. The summed E-state index contributed by atoms with van der Waals surface area (Å²) in [6, 6.07) is 1.25. The molecule has 1 unspecified atom stereocenters. The molecule has 1 amide bonds. The molecule has 0 aliphatic heterocycles. The Hall–Kier alpha value is -1.51. The Balaban J connectivity index is 2.30. The molecule has 1 atom stereocenters. The van der Waals surface area contributed by atoms with E-state index in [0.717, 1.165) is 11.3 Å². The van der Waals surface area contributed by atoms with Crippen LogP contribution in [-0.4, -0.2) is 41.7 Å². The lowest BCUT2D eigenvalue weighted by Crippen LogP contribution is -2.34. The van der Waals surface area contributed by atoms with Crippen LogP contribution in [0.25, 0.3) is 0 Å². The molecule has 0 aliphatic rings. The summed E-state index contributed by atoms with van der Waals surface area (Å²) in [5.74, 6) is -0.335. The third kappa shape index (κ3) is 4.78. The molecule has 8 heteroatoms. The minimum Gasteiger partial charge on any atom is -0.392 e. The number of rotatable bonds is 7. The second-order valence-electron chi connectivity index (χ2n) is 3.74. The summed E-state index contributed by atoms with van der Waals surface area (Å²) in [7, 11) is 0. The SMILES string of the molecule is CC(O)CNCCNC(=O)c1csc([N+](=O)[O-])c1. The maximum Gasteiger partial charge on any atom is 0.324 e. The maximum absolute atomic E-state index is 11.6. The Morgan fingerprint density at radius 1 is 1.61 bits per heavy atom. The molecule has 3 N–H and O–H groups in total. The van der Waals surface area contributed by atoms with Crippen molar-refractivity contribution >= 4 is 22.2 Å². The van der Waals surface area contributed by atoms with Gasteiger partial charge in [0.1, 0.15) is 0 Å². The van der Waals surface area contributed by atoms with Gasteiger partial charge in [-0.2, -0.15) is 0 Å². The predicted octanol–water partition coefficient (Wildman–Crippen LogP) is 0.357. The van der Waals surface area contributed by atoms with E-state index in [9.17, 15) is 14.9 Å². The molecule has 0 fully saturated rings. The van der Waals surface area contributed by atoms with E-state index in [2.05, 4.69) is 10.6 Å². The van der Waals surface area contributed by atoms with Gasteiger partial charge in [0.25, 0.3) is 5.91 Å². The second-order valence-corrected chi connectivity index (χ2v) is 4.63. The van der Waals surface area contributed by atoms with Crippen LogP contribution in [-0.2, 0) is 0 Å². The number of amides is 1. The lowest BCUT2D eigenvalue weighted by Gasteiger charge is -2.07. The predicted molar refractivity (Wildman–Crippen MR) is 67.9 cm³/mol. The number of thiophene rings is 1. The Bertz CT molecular complexity index is 419. The van der Waals surface area contributed by atoms with Crippen molar-refractivity contribution in [3.05, 3.63) is 27.1 Å². The van der Waals surface area contributed by atoms with E-state index >= 15 is 0 Å². The summed E-state index contributed by atoms with van der Waals surface area (Å²) in [6.45, 7) is 3.05. The molecule has 0 aliphatic carbocycles. The number of hydrogen-bond acceptors (Lipinski definition) is 6. The molecule has 0 saturated heterocycles. The largest absolute Gasteiger partial charge is 0.392 e. The van der Waals surface area contributed by atoms with Crippen LogP contribution in [0.2, 0.25) is 0 Å². The maximum atomic E-state index is 11.6. The lowest BCUT2D eigenvalue weighted by atomic mass is 10.3. The molecule has 1 rings (SSSR count). The first kappa shape index (κ1) is 14.6. The van der Waals surface area contributed by atoms with Crippen LogP contribution >= 0.6 is 11.3 Å². The number of carbonyl (C=O) groups is 1. The van der Waals surface area contributed by atoms with E-state index in [1.165, 1.54) is 11.4 Å². The van der Waals surface area contributed by atoms with Gasteiger partial charge in [0.05, 0.1) is 16.6 Å². The minimum atomic E-state index is -0.522. The third-order valence-electron chi connectivity index (χ3n) is 2.05. The van der Waals surface area contributed by atoms with E-state index in [1.54, 1.807) is 6.92 Å². The summed E-state index contributed by atoms with van der Waals surface area (Å²) in [6.07, 6.45) is -0.430. The Morgan fingerprint density at radius 2 is 2.33 bits per heavy atom. The van der Waals surface area contributed by atoms with Gasteiger partial charge in [0.2, 0.25) is 0 Å². The number of hydrogen-bond donors (Lipinski definition) is 3. The first-order chi connectivity index (χ1) is 8.50. The number of nitro groups is 1. The molecule has 1 aromatic heterocycles. The topological polar surface area (TPSA) is 104 Å². The molecule has 7 nitrogen and oxygen atoms in total. The fourth-order valence-electron chi connectivity index (χ4n) is 1.22.